The van der Waals surface area contributed by atoms with E-state index in [9.17, 15) is 18.0 Å². The van der Waals surface area contributed by atoms with Gasteiger partial charge in [0.2, 0.25) is 0 Å². The van der Waals surface area contributed by atoms with Gasteiger partial charge in [-0.1, -0.05) is 24.2 Å². The maximum Gasteiger partial charge on any atom is 0.416 e. The van der Waals surface area contributed by atoms with Crippen LogP contribution in [-0.2, 0) is 25.6 Å². The standard InChI is InChI=1S/C20H18F3N3O2S/c1-2-4-14-10-16(25-28-14)19(27)26-8-7-15-17(11-26)29-18(24-15)12-5-3-6-13(9-12)20(21,22)23/h3,5-6,9-10H,2,4,7-8,11H2,1H3. The van der Waals surface area contributed by atoms with Gasteiger partial charge in [-0.05, 0) is 18.6 Å². The van der Waals surface area contributed by atoms with Crippen LogP contribution < -0.4 is 0 Å². The second-order valence-electron chi connectivity index (χ2n) is 6.87. The minimum Gasteiger partial charge on any atom is -0.361 e. The molecule has 1 aliphatic rings. The van der Waals surface area contributed by atoms with Crippen molar-refractivity contribution in [2.75, 3.05) is 6.54 Å². The zero-order valence-corrected chi connectivity index (χ0v) is 16.4. The molecule has 2 aromatic heterocycles. The molecule has 0 N–H and O–H groups in total. The molecule has 0 radical (unpaired) electrons. The Morgan fingerprint density at radius 2 is 2.14 bits per heavy atom. The third kappa shape index (κ3) is 4.05. The molecule has 1 aliphatic heterocycles. The average molecular weight is 421 g/mol. The van der Waals surface area contributed by atoms with E-state index in [-0.39, 0.29) is 11.6 Å². The summed E-state index contributed by atoms with van der Waals surface area (Å²) >= 11 is 1.32. The van der Waals surface area contributed by atoms with Gasteiger partial charge in [0.25, 0.3) is 5.91 Å². The largest absolute Gasteiger partial charge is 0.416 e. The number of alkyl halides is 3. The van der Waals surface area contributed by atoms with Gasteiger partial charge in [0.15, 0.2) is 5.69 Å². The van der Waals surface area contributed by atoms with E-state index in [1.165, 1.54) is 17.4 Å². The lowest BCUT2D eigenvalue weighted by Crippen LogP contribution is -2.35. The van der Waals surface area contributed by atoms with Gasteiger partial charge in [-0.2, -0.15) is 13.2 Å². The first-order chi connectivity index (χ1) is 13.8. The number of nitrogens with zero attached hydrogens (tertiary/aromatic N) is 3. The van der Waals surface area contributed by atoms with Gasteiger partial charge < -0.3 is 9.42 Å². The topological polar surface area (TPSA) is 59.2 Å². The van der Waals surface area contributed by atoms with Crippen LogP contribution in [0.4, 0.5) is 13.2 Å². The maximum absolute atomic E-state index is 13.0. The molecular weight excluding hydrogens is 403 g/mol. The van der Waals surface area contributed by atoms with Crippen molar-refractivity contribution >= 4 is 17.2 Å². The lowest BCUT2D eigenvalue weighted by Gasteiger charge is -2.25. The molecule has 3 heterocycles. The van der Waals surface area contributed by atoms with Crippen LogP contribution in [0.2, 0.25) is 0 Å². The molecular formula is C20H18F3N3O2S. The first-order valence-electron chi connectivity index (χ1n) is 9.26. The predicted octanol–water partition coefficient (Wildman–Crippen LogP) is 4.97. The smallest absolute Gasteiger partial charge is 0.361 e. The van der Waals surface area contributed by atoms with E-state index in [0.29, 0.717) is 35.8 Å². The number of halogens is 3. The fourth-order valence-corrected chi connectivity index (χ4v) is 4.38. The maximum atomic E-state index is 13.0. The Labute approximate surface area is 169 Å². The molecule has 0 aliphatic carbocycles. The van der Waals surface area contributed by atoms with Gasteiger partial charge in [-0.15, -0.1) is 11.3 Å². The van der Waals surface area contributed by atoms with E-state index in [1.807, 2.05) is 6.92 Å². The van der Waals surface area contributed by atoms with Crippen molar-refractivity contribution in [1.29, 1.82) is 0 Å². The minimum absolute atomic E-state index is 0.212. The second-order valence-corrected chi connectivity index (χ2v) is 7.96. The number of thiazole rings is 1. The fourth-order valence-electron chi connectivity index (χ4n) is 3.26. The summed E-state index contributed by atoms with van der Waals surface area (Å²) < 4.78 is 44.1. The van der Waals surface area contributed by atoms with Crippen molar-refractivity contribution in [3.8, 4) is 10.6 Å². The van der Waals surface area contributed by atoms with Gasteiger partial charge in [0.1, 0.15) is 10.8 Å². The molecule has 1 amide bonds. The van der Waals surface area contributed by atoms with E-state index in [2.05, 4.69) is 10.1 Å². The molecule has 0 bridgehead atoms. The Bertz CT molecular complexity index is 1040. The van der Waals surface area contributed by atoms with Crippen molar-refractivity contribution < 1.29 is 22.5 Å². The molecule has 29 heavy (non-hydrogen) atoms. The molecule has 0 atom stereocenters. The number of amides is 1. The first-order valence-corrected chi connectivity index (χ1v) is 10.1. The number of hydrogen-bond donors (Lipinski definition) is 0. The highest BCUT2D eigenvalue weighted by Gasteiger charge is 2.31. The summed E-state index contributed by atoms with van der Waals surface area (Å²) in [5.41, 5.74) is 0.838. The van der Waals surface area contributed by atoms with E-state index < -0.39 is 11.7 Å². The monoisotopic (exact) mass is 421 g/mol. The Balaban J connectivity index is 1.54. The summed E-state index contributed by atoms with van der Waals surface area (Å²) in [4.78, 5) is 19.8. The molecule has 152 valence electrons. The number of benzene rings is 1. The minimum atomic E-state index is -4.40. The van der Waals surface area contributed by atoms with Crippen molar-refractivity contribution in [2.24, 2.45) is 0 Å². The Morgan fingerprint density at radius 1 is 1.31 bits per heavy atom. The number of fused-ring (bicyclic) bond motifs is 1. The SMILES string of the molecule is CCCc1cc(C(=O)N2CCc3nc(-c4cccc(C(F)(F)F)c4)sc3C2)no1. The Hall–Kier alpha value is -2.68. The summed E-state index contributed by atoms with van der Waals surface area (Å²) in [5.74, 6) is 0.467. The van der Waals surface area contributed by atoms with Crippen molar-refractivity contribution in [3.05, 3.63) is 57.9 Å². The summed E-state index contributed by atoms with van der Waals surface area (Å²) in [7, 11) is 0. The number of hydrogen-bond acceptors (Lipinski definition) is 5. The van der Waals surface area contributed by atoms with Crippen molar-refractivity contribution in [1.82, 2.24) is 15.0 Å². The molecule has 0 spiro atoms. The molecule has 0 saturated carbocycles. The number of aromatic nitrogens is 2. The van der Waals surface area contributed by atoms with Gasteiger partial charge in [-0.3, -0.25) is 4.79 Å². The van der Waals surface area contributed by atoms with E-state index in [0.717, 1.165) is 35.5 Å². The van der Waals surface area contributed by atoms with Crippen LogP contribution in [0.5, 0.6) is 0 Å². The van der Waals surface area contributed by atoms with Crippen molar-refractivity contribution in [3.63, 3.8) is 0 Å². The van der Waals surface area contributed by atoms with Crippen LogP contribution in [0.3, 0.4) is 0 Å². The van der Waals surface area contributed by atoms with Gasteiger partial charge >= 0.3 is 6.18 Å². The normalized spacial score (nSPS) is 14.1. The first kappa shape index (κ1) is 19.6. The fraction of sp³-hybridized carbons (Fsp3) is 0.350. The van der Waals surface area contributed by atoms with Gasteiger partial charge in [-0.25, -0.2) is 4.98 Å². The number of carbonyl (C=O) groups is 1. The van der Waals surface area contributed by atoms with E-state index >= 15 is 0 Å². The molecule has 0 saturated heterocycles. The summed E-state index contributed by atoms with van der Waals surface area (Å²) in [6, 6.07) is 6.82. The van der Waals surface area contributed by atoms with Crippen molar-refractivity contribution in [2.45, 2.75) is 38.9 Å². The van der Waals surface area contributed by atoms with Crippen LogP contribution in [0.1, 0.15) is 45.7 Å². The van der Waals surface area contributed by atoms with E-state index in [4.69, 9.17) is 4.52 Å². The van der Waals surface area contributed by atoms with Crippen LogP contribution in [0.25, 0.3) is 10.6 Å². The molecule has 4 rings (SSSR count). The zero-order chi connectivity index (χ0) is 20.6. The van der Waals surface area contributed by atoms with E-state index in [1.54, 1.807) is 17.0 Å². The number of carbonyl (C=O) groups excluding carboxylic acids is 1. The Kier molecular flexibility index (Phi) is 5.16. The lowest BCUT2D eigenvalue weighted by molar-refractivity contribution is -0.137. The van der Waals surface area contributed by atoms with Crippen LogP contribution in [0.15, 0.2) is 34.9 Å². The number of aryl methyl sites for hydroxylation is 1. The lowest BCUT2D eigenvalue weighted by atomic mass is 10.1. The highest BCUT2D eigenvalue weighted by molar-refractivity contribution is 7.15. The summed E-state index contributed by atoms with van der Waals surface area (Å²) in [6.07, 6.45) is -2.23. The molecule has 1 aromatic carbocycles. The quantitative estimate of drug-likeness (QED) is 0.597. The number of rotatable bonds is 4. The molecule has 3 aromatic rings. The van der Waals surface area contributed by atoms with Gasteiger partial charge in [0, 0.05) is 35.9 Å². The van der Waals surface area contributed by atoms with Gasteiger partial charge in [0.05, 0.1) is 17.8 Å². The molecule has 0 fully saturated rings. The zero-order valence-electron chi connectivity index (χ0n) is 15.6. The van der Waals surface area contributed by atoms with Crippen LogP contribution >= 0.6 is 11.3 Å². The summed E-state index contributed by atoms with van der Waals surface area (Å²) in [6.45, 7) is 2.86. The molecule has 0 unspecified atom stereocenters. The highest BCUT2D eigenvalue weighted by Crippen LogP contribution is 2.35. The third-order valence-corrected chi connectivity index (χ3v) is 5.86. The highest BCUT2D eigenvalue weighted by atomic mass is 32.1. The third-order valence-electron chi connectivity index (χ3n) is 4.73. The Morgan fingerprint density at radius 3 is 2.90 bits per heavy atom. The second kappa shape index (κ2) is 7.62. The molecule has 5 nitrogen and oxygen atoms in total. The predicted molar refractivity (Wildman–Crippen MR) is 101 cm³/mol. The molecule has 9 heteroatoms. The van der Waals surface area contributed by atoms with Crippen LogP contribution in [-0.4, -0.2) is 27.5 Å². The average Bonchev–Trinajstić information content (AvgIpc) is 3.33. The summed E-state index contributed by atoms with van der Waals surface area (Å²) in [5, 5.41) is 4.40. The van der Waals surface area contributed by atoms with Crippen LogP contribution in [0, 0.1) is 0 Å².